The van der Waals surface area contributed by atoms with Crippen LogP contribution in [0.25, 0.3) is 17.0 Å². The summed E-state index contributed by atoms with van der Waals surface area (Å²) in [7, 11) is 0. The third-order valence-corrected chi connectivity index (χ3v) is 4.56. The number of likely N-dealkylation sites (tertiary alicyclic amines) is 1. The van der Waals surface area contributed by atoms with Gasteiger partial charge < -0.3 is 9.64 Å². The number of fused-ring (bicyclic) bond motifs is 1. The average Bonchev–Trinajstić information content (AvgIpc) is 2.63. The predicted octanol–water partition coefficient (Wildman–Crippen LogP) is 4.19. The second kappa shape index (κ2) is 7.18. The van der Waals surface area contributed by atoms with Crippen LogP contribution in [0, 0.1) is 0 Å². The van der Waals surface area contributed by atoms with Crippen LogP contribution in [0.1, 0.15) is 5.56 Å². The molecule has 0 atom stereocenters. The lowest BCUT2D eigenvalue weighted by molar-refractivity contribution is -0.134. The van der Waals surface area contributed by atoms with Gasteiger partial charge in [0.1, 0.15) is 6.10 Å². The van der Waals surface area contributed by atoms with Crippen LogP contribution >= 0.6 is 11.6 Å². The molecule has 4 nitrogen and oxygen atoms in total. The van der Waals surface area contributed by atoms with E-state index < -0.39 is 0 Å². The number of benzene rings is 2. The van der Waals surface area contributed by atoms with Gasteiger partial charge in [-0.25, -0.2) is 4.98 Å². The van der Waals surface area contributed by atoms with E-state index in [0.717, 1.165) is 16.5 Å². The number of hydrogen-bond acceptors (Lipinski definition) is 3. The molecule has 0 N–H and O–H groups in total. The normalized spacial score (nSPS) is 14.6. The minimum atomic E-state index is -0.0220. The molecule has 1 aliphatic heterocycles. The summed E-state index contributed by atoms with van der Waals surface area (Å²) in [6.45, 7) is 1.14. The Balaban J connectivity index is 1.31. The topological polar surface area (TPSA) is 42.4 Å². The summed E-state index contributed by atoms with van der Waals surface area (Å²) < 4.78 is 5.87. The molecule has 1 amide bonds. The highest BCUT2D eigenvalue weighted by atomic mass is 35.5. The Hall–Kier alpha value is -2.85. The van der Waals surface area contributed by atoms with Gasteiger partial charge in [-0.3, -0.25) is 4.79 Å². The van der Waals surface area contributed by atoms with Crippen LogP contribution in [0.2, 0.25) is 5.02 Å². The Morgan fingerprint density at radius 1 is 1.08 bits per heavy atom. The molecule has 1 fully saturated rings. The van der Waals surface area contributed by atoms with E-state index in [2.05, 4.69) is 4.98 Å². The summed E-state index contributed by atoms with van der Waals surface area (Å²) in [5.74, 6) is 0.573. The first kappa shape index (κ1) is 16.6. The van der Waals surface area contributed by atoms with Gasteiger partial charge in [-0.05, 0) is 35.9 Å². The van der Waals surface area contributed by atoms with Crippen LogP contribution in [-0.2, 0) is 4.79 Å². The first-order valence-electron chi connectivity index (χ1n) is 8.42. The predicted molar refractivity (Wildman–Crippen MR) is 103 cm³/mol. The molecule has 0 bridgehead atoms. The average molecular weight is 365 g/mol. The van der Waals surface area contributed by atoms with Crippen LogP contribution in [-0.4, -0.2) is 35.0 Å². The van der Waals surface area contributed by atoms with Crippen molar-refractivity contribution in [2.45, 2.75) is 6.10 Å². The molecule has 0 aliphatic carbocycles. The molecule has 0 saturated carbocycles. The minimum absolute atomic E-state index is 0.0171. The second-order valence-electron chi connectivity index (χ2n) is 6.21. The summed E-state index contributed by atoms with van der Waals surface area (Å²) in [5.41, 5.74) is 1.85. The number of rotatable bonds is 4. The summed E-state index contributed by atoms with van der Waals surface area (Å²) in [5, 5.41) is 1.76. The lowest BCUT2D eigenvalue weighted by atomic mass is 10.1. The number of nitrogens with zero attached hydrogens (tertiary/aromatic N) is 2. The third kappa shape index (κ3) is 3.70. The van der Waals surface area contributed by atoms with Crippen molar-refractivity contribution in [2.75, 3.05) is 13.1 Å². The van der Waals surface area contributed by atoms with Crippen molar-refractivity contribution in [1.82, 2.24) is 9.88 Å². The first-order valence-corrected chi connectivity index (χ1v) is 8.80. The van der Waals surface area contributed by atoms with Crippen LogP contribution in [0.3, 0.4) is 0 Å². The fourth-order valence-electron chi connectivity index (χ4n) is 2.82. The van der Waals surface area contributed by atoms with E-state index >= 15 is 0 Å². The van der Waals surface area contributed by atoms with Gasteiger partial charge in [0.15, 0.2) is 0 Å². The van der Waals surface area contributed by atoms with Gasteiger partial charge in [-0.15, -0.1) is 0 Å². The van der Waals surface area contributed by atoms with Gasteiger partial charge in [-0.1, -0.05) is 41.9 Å². The van der Waals surface area contributed by atoms with Crippen LogP contribution in [0.5, 0.6) is 5.88 Å². The summed E-state index contributed by atoms with van der Waals surface area (Å²) >= 11 is 5.85. The molecule has 0 spiro atoms. The standard InChI is InChI=1S/C21H17ClN2O2/c22-17-9-5-15(6-10-17)7-12-21(25)24-13-18(14-24)26-20-11-8-16-3-1-2-4-19(16)23-20/h1-12,18H,13-14H2/b12-7+. The van der Waals surface area contributed by atoms with E-state index in [1.54, 1.807) is 29.2 Å². The molecular weight excluding hydrogens is 348 g/mol. The van der Waals surface area contributed by atoms with E-state index in [4.69, 9.17) is 16.3 Å². The van der Waals surface area contributed by atoms with Crippen molar-refractivity contribution < 1.29 is 9.53 Å². The zero-order valence-electron chi connectivity index (χ0n) is 14.0. The molecule has 0 unspecified atom stereocenters. The summed E-state index contributed by atoms with van der Waals surface area (Å²) in [6.07, 6.45) is 3.35. The number of ether oxygens (including phenoxy) is 1. The SMILES string of the molecule is O=C(/C=C/c1ccc(Cl)cc1)N1CC(Oc2ccc3ccccc3n2)C1. The zero-order chi connectivity index (χ0) is 17.9. The second-order valence-corrected chi connectivity index (χ2v) is 6.65. The van der Waals surface area contributed by atoms with Gasteiger partial charge in [0.25, 0.3) is 0 Å². The van der Waals surface area contributed by atoms with E-state index in [1.165, 1.54) is 0 Å². The number of hydrogen-bond donors (Lipinski definition) is 0. The molecule has 4 rings (SSSR count). The Morgan fingerprint density at radius 3 is 2.65 bits per heavy atom. The number of amides is 1. The van der Waals surface area contributed by atoms with Gasteiger partial charge in [0, 0.05) is 22.6 Å². The Morgan fingerprint density at radius 2 is 1.85 bits per heavy atom. The lowest BCUT2D eigenvalue weighted by Crippen LogP contribution is -2.55. The molecule has 130 valence electrons. The van der Waals surface area contributed by atoms with Crippen molar-refractivity contribution in [3.05, 3.63) is 77.3 Å². The van der Waals surface area contributed by atoms with Crippen molar-refractivity contribution in [1.29, 1.82) is 0 Å². The molecule has 0 radical (unpaired) electrons. The third-order valence-electron chi connectivity index (χ3n) is 4.31. The lowest BCUT2D eigenvalue weighted by Gasteiger charge is -2.38. The van der Waals surface area contributed by atoms with Gasteiger partial charge in [0.2, 0.25) is 11.8 Å². The first-order chi connectivity index (χ1) is 12.7. The fraction of sp³-hybridized carbons (Fsp3) is 0.143. The number of carbonyl (C=O) groups excluding carboxylic acids is 1. The van der Waals surface area contributed by atoms with Gasteiger partial charge in [-0.2, -0.15) is 0 Å². The quantitative estimate of drug-likeness (QED) is 0.652. The number of para-hydroxylation sites is 1. The summed E-state index contributed by atoms with van der Waals surface area (Å²) in [4.78, 5) is 18.4. The van der Waals surface area contributed by atoms with Crippen molar-refractivity contribution in [3.8, 4) is 5.88 Å². The van der Waals surface area contributed by atoms with Crippen LogP contribution < -0.4 is 4.74 Å². The number of pyridine rings is 1. The van der Waals surface area contributed by atoms with Gasteiger partial charge in [0.05, 0.1) is 18.6 Å². The van der Waals surface area contributed by atoms with Crippen molar-refractivity contribution >= 4 is 34.5 Å². The number of aromatic nitrogens is 1. The summed E-state index contributed by atoms with van der Waals surface area (Å²) in [6, 6.07) is 19.1. The zero-order valence-corrected chi connectivity index (χ0v) is 14.8. The molecule has 26 heavy (non-hydrogen) atoms. The molecule has 2 heterocycles. The minimum Gasteiger partial charge on any atom is -0.471 e. The molecule has 1 aliphatic rings. The van der Waals surface area contributed by atoms with E-state index in [1.807, 2.05) is 48.5 Å². The maximum absolute atomic E-state index is 12.2. The maximum atomic E-state index is 12.2. The van der Waals surface area contributed by atoms with E-state index in [9.17, 15) is 4.79 Å². The molecule has 3 aromatic rings. The Bertz CT molecular complexity index is 963. The largest absolute Gasteiger partial charge is 0.471 e. The van der Waals surface area contributed by atoms with Crippen LogP contribution in [0.15, 0.2) is 66.7 Å². The number of carbonyl (C=O) groups is 1. The van der Waals surface area contributed by atoms with Crippen molar-refractivity contribution in [2.24, 2.45) is 0 Å². The molecule has 1 aromatic heterocycles. The highest BCUT2D eigenvalue weighted by molar-refractivity contribution is 6.30. The number of halogens is 1. The molecule has 2 aromatic carbocycles. The van der Waals surface area contributed by atoms with E-state index in [0.29, 0.717) is 24.0 Å². The highest BCUT2D eigenvalue weighted by Crippen LogP contribution is 2.20. The molecule has 1 saturated heterocycles. The van der Waals surface area contributed by atoms with Gasteiger partial charge >= 0.3 is 0 Å². The Kier molecular flexibility index (Phi) is 4.59. The van der Waals surface area contributed by atoms with Crippen molar-refractivity contribution in [3.63, 3.8) is 0 Å². The smallest absolute Gasteiger partial charge is 0.246 e. The fourth-order valence-corrected chi connectivity index (χ4v) is 2.95. The monoisotopic (exact) mass is 364 g/mol. The maximum Gasteiger partial charge on any atom is 0.246 e. The highest BCUT2D eigenvalue weighted by Gasteiger charge is 2.31. The molecular formula is C21H17ClN2O2. The van der Waals surface area contributed by atoms with E-state index in [-0.39, 0.29) is 12.0 Å². The molecule has 5 heteroatoms. The van der Waals surface area contributed by atoms with Crippen LogP contribution in [0.4, 0.5) is 0 Å². The Labute approximate surface area is 156 Å².